The van der Waals surface area contributed by atoms with Crippen LogP contribution in [0.15, 0.2) is 12.1 Å². The number of hydrogen-bond donors (Lipinski definition) is 1. The number of aryl methyl sites for hydroxylation is 1. The molecule has 1 aliphatic rings. The van der Waals surface area contributed by atoms with Crippen LogP contribution in [0.5, 0.6) is 5.75 Å². The monoisotopic (exact) mass is 278 g/mol. The third-order valence-corrected chi connectivity index (χ3v) is 3.74. The molecule has 0 radical (unpaired) electrons. The Labute approximate surface area is 121 Å². The second kappa shape index (κ2) is 7.57. The number of piperazine rings is 1. The summed E-state index contributed by atoms with van der Waals surface area (Å²) in [5.41, 5.74) is 7.67. The first-order valence-corrected chi connectivity index (χ1v) is 7.37. The maximum Gasteiger partial charge on any atom is 0.122 e. The summed E-state index contributed by atoms with van der Waals surface area (Å²) in [5.74, 6) is 0.897. The number of methoxy groups -OCH3 is 1. The van der Waals surface area contributed by atoms with Gasteiger partial charge < -0.3 is 15.4 Å². The molecule has 0 unspecified atom stereocenters. The average Bonchev–Trinajstić information content (AvgIpc) is 2.46. The number of rotatable bonds is 6. The van der Waals surface area contributed by atoms with Gasteiger partial charge in [0.05, 0.1) is 12.8 Å². The molecule has 1 aliphatic heterocycles. The van der Waals surface area contributed by atoms with Crippen LogP contribution in [0.25, 0.3) is 0 Å². The molecule has 0 saturated carbocycles. The maximum absolute atomic E-state index is 5.56. The Balaban J connectivity index is 1.84. The molecule has 2 heterocycles. The van der Waals surface area contributed by atoms with E-state index in [-0.39, 0.29) is 0 Å². The second-order valence-electron chi connectivity index (χ2n) is 5.40. The lowest BCUT2D eigenvalue weighted by molar-refractivity contribution is 0.125. The van der Waals surface area contributed by atoms with E-state index in [2.05, 4.69) is 14.8 Å². The topological polar surface area (TPSA) is 54.6 Å². The first-order valence-electron chi connectivity index (χ1n) is 7.37. The molecule has 0 amide bonds. The van der Waals surface area contributed by atoms with Crippen molar-refractivity contribution >= 4 is 0 Å². The van der Waals surface area contributed by atoms with Gasteiger partial charge in [0.15, 0.2) is 0 Å². The van der Waals surface area contributed by atoms with Gasteiger partial charge in [0.1, 0.15) is 5.75 Å². The minimum absolute atomic E-state index is 0.785. The average molecular weight is 278 g/mol. The fourth-order valence-electron chi connectivity index (χ4n) is 2.62. The zero-order valence-corrected chi connectivity index (χ0v) is 12.6. The summed E-state index contributed by atoms with van der Waals surface area (Å²) in [6.07, 6.45) is 1.09. The van der Waals surface area contributed by atoms with Crippen molar-refractivity contribution in [1.29, 1.82) is 0 Å². The quantitative estimate of drug-likeness (QED) is 0.836. The molecule has 0 aromatic carbocycles. The number of nitrogens with zero attached hydrogens (tertiary/aromatic N) is 3. The van der Waals surface area contributed by atoms with E-state index < -0.39 is 0 Å². The molecule has 0 spiro atoms. The Morgan fingerprint density at radius 1 is 1.20 bits per heavy atom. The molecule has 2 rings (SSSR count). The minimum atomic E-state index is 0.785. The van der Waals surface area contributed by atoms with E-state index in [9.17, 15) is 0 Å². The molecule has 1 aromatic heterocycles. The molecule has 0 atom stereocenters. The molecule has 1 fully saturated rings. The van der Waals surface area contributed by atoms with Gasteiger partial charge in [-0.2, -0.15) is 0 Å². The summed E-state index contributed by atoms with van der Waals surface area (Å²) in [7, 11) is 1.70. The molecular weight excluding hydrogens is 252 g/mol. The van der Waals surface area contributed by atoms with E-state index in [0.717, 1.165) is 69.4 Å². The van der Waals surface area contributed by atoms with E-state index in [1.54, 1.807) is 7.11 Å². The van der Waals surface area contributed by atoms with E-state index in [4.69, 9.17) is 10.5 Å². The highest BCUT2D eigenvalue weighted by molar-refractivity contribution is 5.26. The van der Waals surface area contributed by atoms with Crippen LogP contribution in [0.1, 0.15) is 17.8 Å². The van der Waals surface area contributed by atoms with Gasteiger partial charge in [-0.25, -0.2) is 0 Å². The lowest BCUT2D eigenvalue weighted by Gasteiger charge is -2.34. The fraction of sp³-hybridized carbons (Fsp3) is 0.667. The molecule has 1 saturated heterocycles. The van der Waals surface area contributed by atoms with Gasteiger partial charge in [-0.15, -0.1) is 0 Å². The van der Waals surface area contributed by atoms with Crippen LogP contribution in [-0.4, -0.2) is 61.2 Å². The standard InChI is InChI=1S/C15H26N4O/c1-13-10-15(20-2)11-14(17-13)12-19-8-6-18(7-9-19)5-3-4-16/h10-11H,3-9,12,16H2,1-2H3. The molecule has 2 N–H and O–H groups in total. The van der Waals surface area contributed by atoms with Crippen molar-refractivity contribution in [2.75, 3.05) is 46.4 Å². The van der Waals surface area contributed by atoms with Crippen molar-refractivity contribution < 1.29 is 4.74 Å². The lowest BCUT2D eigenvalue weighted by Crippen LogP contribution is -2.46. The summed E-state index contributed by atoms with van der Waals surface area (Å²) in [5, 5.41) is 0. The molecule has 5 heteroatoms. The Morgan fingerprint density at radius 3 is 2.55 bits per heavy atom. The molecule has 5 nitrogen and oxygen atoms in total. The smallest absolute Gasteiger partial charge is 0.122 e. The first-order chi connectivity index (χ1) is 9.71. The highest BCUT2D eigenvalue weighted by atomic mass is 16.5. The Bertz CT molecular complexity index is 416. The van der Waals surface area contributed by atoms with E-state index in [1.165, 1.54) is 0 Å². The SMILES string of the molecule is COc1cc(C)nc(CN2CCN(CCCN)CC2)c1. The van der Waals surface area contributed by atoms with Crippen LogP contribution in [0.4, 0.5) is 0 Å². The van der Waals surface area contributed by atoms with Gasteiger partial charge in [-0.05, 0) is 26.4 Å². The Hall–Kier alpha value is -1.17. The summed E-state index contributed by atoms with van der Waals surface area (Å²) < 4.78 is 5.31. The van der Waals surface area contributed by atoms with Crippen molar-refractivity contribution in [2.24, 2.45) is 5.73 Å². The van der Waals surface area contributed by atoms with Gasteiger partial charge in [0.2, 0.25) is 0 Å². The van der Waals surface area contributed by atoms with Crippen LogP contribution < -0.4 is 10.5 Å². The van der Waals surface area contributed by atoms with Crippen LogP contribution in [0.2, 0.25) is 0 Å². The number of pyridine rings is 1. The van der Waals surface area contributed by atoms with Gasteiger partial charge in [-0.1, -0.05) is 0 Å². The summed E-state index contributed by atoms with van der Waals surface area (Å²) in [4.78, 5) is 9.54. The van der Waals surface area contributed by atoms with Crippen molar-refractivity contribution in [3.63, 3.8) is 0 Å². The number of hydrogen-bond acceptors (Lipinski definition) is 5. The fourth-order valence-corrected chi connectivity index (χ4v) is 2.62. The van der Waals surface area contributed by atoms with Crippen LogP contribution in [0, 0.1) is 6.92 Å². The Morgan fingerprint density at radius 2 is 1.90 bits per heavy atom. The van der Waals surface area contributed by atoms with Crippen LogP contribution in [-0.2, 0) is 6.54 Å². The second-order valence-corrected chi connectivity index (χ2v) is 5.40. The highest BCUT2D eigenvalue weighted by Gasteiger charge is 2.17. The molecule has 20 heavy (non-hydrogen) atoms. The highest BCUT2D eigenvalue weighted by Crippen LogP contribution is 2.15. The maximum atomic E-state index is 5.56. The van der Waals surface area contributed by atoms with E-state index in [1.807, 2.05) is 19.1 Å². The Kier molecular flexibility index (Phi) is 5.76. The summed E-state index contributed by atoms with van der Waals surface area (Å²) >= 11 is 0. The van der Waals surface area contributed by atoms with Crippen LogP contribution in [0.3, 0.4) is 0 Å². The predicted molar refractivity (Wildman–Crippen MR) is 80.9 cm³/mol. The number of nitrogens with two attached hydrogens (primary N) is 1. The molecule has 1 aromatic rings. The zero-order chi connectivity index (χ0) is 14.4. The largest absolute Gasteiger partial charge is 0.497 e. The third-order valence-electron chi connectivity index (χ3n) is 3.74. The summed E-state index contributed by atoms with van der Waals surface area (Å²) in [6, 6.07) is 4.00. The lowest BCUT2D eigenvalue weighted by atomic mass is 10.2. The van der Waals surface area contributed by atoms with E-state index >= 15 is 0 Å². The zero-order valence-electron chi connectivity index (χ0n) is 12.6. The first kappa shape index (κ1) is 15.2. The molecular formula is C15H26N4O. The van der Waals surface area contributed by atoms with Crippen LogP contribution >= 0.6 is 0 Å². The molecule has 112 valence electrons. The van der Waals surface area contributed by atoms with Crippen molar-refractivity contribution in [2.45, 2.75) is 19.9 Å². The number of ether oxygens (including phenoxy) is 1. The van der Waals surface area contributed by atoms with Gasteiger partial charge in [-0.3, -0.25) is 9.88 Å². The molecule has 0 bridgehead atoms. The molecule has 0 aliphatic carbocycles. The summed E-state index contributed by atoms with van der Waals surface area (Å²) in [6.45, 7) is 9.28. The normalized spacial score (nSPS) is 17.4. The van der Waals surface area contributed by atoms with Crippen molar-refractivity contribution in [3.05, 3.63) is 23.5 Å². The van der Waals surface area contributed by atoms with Gasteiger partial charge >= 0.3 is 0 Å². The predicted octanol–water partition coefficient (Wildman–Crippen LogP) is 0.865. The third kappa shape index (κ3) is 4.44. The van der Waals surface area contributed by atoms with E-state index in [0.29, 0.717) is 0 Å². The van der Waals surface area contributed by atoms with Gasteiger partial charge in [0.25, 0.3) is 0 Å². The van der Waals surface area contributed by atoms with Crippen molar-refractivity contribution in [1.82, 2.24) is 14.8 Å². The van der Waals surface area contributed by atoms with Gasteiger partial charge in [0, 0.05) is 50.6 Å². The van der Waals surface area contributed by atoms with Crippen molar-refractivity contribution in [3.8, 4) is 5.75 Å². The number of aromatic nitrogens is 1. The minimum Gasteiger partial charge on any atom is -0.497 e.